The summed E-state index contributed by atoms with van der Waals surface area (Å²) in [5.41, 5.74) is 0.956. The van der Waals surface area contributed by atoms with Crippen LogP contribution in [0.1, 0.15) is 31.7 Å². The van der Waals surface area contributed by atoms with E-state index in [1.165, 1.54) is 6.07 Å². The second kappa shape index (κ2) is 9.89. The van der Waals surface area contributed by atoms with E-state index in [1.807, 2.05) is 18.0 Å². The average molecular weight is 404 g/mol. The normalized spacial score (nSPS) is 15.9. The number of aromatic nitrogens is 4. The molecule has 0 aliphatic carbocycles. The van der Waals surface area contributed by atoms with Gasteiger partial charge in [-0.15, -0.1) is 5.10 Å². The number of halogens is 1. The van der Waals surface area contributed by atoms with Gasteiger partial charge in [0.2, 0.25) is 5.91 Å². The minimum Gasteiger partial charge on any atom is -0.340 e. The van der Waals surface area contributed by atoms with Gasteiger partial charge in [-0.3, -0.25) is 14.6 Å². The molecule has 0 atom stereocenters. The van der Waals surface area contributed by atoms with Gasteiger partial charge >= 0.3 is 0 Å². The van der Waals surface area contributed by atoms with Gasteiger partial charge in [0.1, 0.15) is 12.4 Å². The molecule has 1 aromatic heterocycles. The molecule has 1 fully saturated rings. The Morgan fingerprint density at radius 2 is 2.07 bits per heavy atom. The Bertz CT molecular complexity index is 810. The zero-order chi connectivity index (χ0) is 20.8. The van der Waals surface area contributed by atoms with Crippen molar-refractivity contribution in [3.8, 4) is 0 Å². The predicted octanol–water partition coefficient (Wildman–Crippen LogP) is 1.39. The summed E-state index contributed by atoms with van der Waals surface area (Å²) in [6, 6.07) is 7.06. The Hall–Kier alpha value is -2.39. The van der Waals surface area contributed by atoms with Crippen molar-refractivity contribution < 1.29 is 9.18 Å². The quantitative estimate of drug-likeness (QED) is 0.696. The molecule has 1 aliphatic rings. The van der Waals surface area contributed by atoms with Crippen LogP contribution < -0.4 is 0 Å². The van der Waals surface area contributed by atoms with Crippen LogP contribution in [0.15, 0.2) is 24.3 Å². The first-order chi connectivity index (χ1) is 13.9. The molecule has 158 valence electrons. The fraction of sp³-hybridized carbons (Fsp3) is 0.600. The number of hydrogen-bond acceptors (Lipinski definition) is 6. The van der Waals surface area contributed by atoms with E-state index >= 15 is 0 Å². The van der Waals surface area contributed by atoms with E-state index in [4.69, 9.17) is 0 Å². The number of amides is 1. The smallest absolute Gasteiger partial charge is 0.244 e. The number of hydrogen-bond donors (Lipinski definition) is 0. The summed E-state index contributed by atoms with van der Waals surface area (Å²) in [7, 11) is 2.01. The third-order valence-corrected chi connectivity index (χ3v) is 5.40. The molecule has 0 unspecified atom stereocenters. The molecule has 1 aliphatic heterocycles. The fourth-order valence-electron chi connectivity index (χ4n) is 3.36. The number of rotatable bonds is 7. The second-order valence-corrected chi connectivity index (χ2v) is 7.90. The van der Waals surface area contributed by atoms with Crippen LogP contribution in [0.25, 0.3) is 0 Å². The summed E-state index contributed by atoms with van der Waals surface area (Å²) in [5, 5.41) is 11.8. The van der Waals surface area contributed by atoms with Crippen molar-refractivity contribution in [1.29, 1.82) is 0 Å². The number of tetrazole rings is 1. The van der Waals surface area contributed by atoms with Crippen LogP contribution in [-0.2, 0) is 24.4 Å². The van der Waals surface area contributed by atoms with E-state index in [0.29, 0.717) is 38.0 Å². The predicted molar refractivity (Wildman–Crippen MR) is 107 cm³/mol. The minimum atomic E-state index is -0.213. The van der Waals surface area contributed by atoms with Gasteiger partial charge in [0.05, 0.1) is 6.54 Å². The van der Waals surface area contributed by atoms with Gasteiger partial charge in [0, 0.05) is 38.8 Å². The Morgan fingerprint density at radius 1 is 1.24 bits per heavy atom. The molecule has 1 amide bonds. The monoisotopic (exact) mass is 403 g/mol. The van der Waals surface area contributed by atoms with Crippen LogP contribution in [0.2, 0.25) is 0 Å². The highest BCUT2D eigenvalue weighted by Gasteiger charge is 2.21. The van der Waals surface area contributed by atoms with E-state index in [9.17, 15) is 9.18 Å². The first-order valence-corrected chi connectivity index (χ1v) is 10.1. The maximum Gasteiger partial charge on any atom is 0.244 e. The third kappa shape index (κ3) is 6.04. The Labute approximate surface area is 171 Å². The van der Waals surface area contributed by atoms with E-state index in [0.717, 1.165) is 25.1 Å². The molecule has 1 saturated heterocycles. The summed E-state index contributed by atoms with van der Waals surface area (Å²) in [4.78, 5) is 19.1. The summed E-state index contributed by atoms with van der Waals surface area (Å²) >= 11 is 0. The van der Waals surface area contributed by atoms with Crippen molar-refractivity contribution in [3.63, 3.8) is 0 Å². The highest BCUT2D eigenvalue weighted by Crippen LogP contribution is 2.11. The molecule has 29 heavy (non-hydrogen) atoms. The molecule has 1 aromatic carbocycles. The molecule has 2 aromatic rings. The molecule has 0 bridgehead atoms. The van der Waals surface area contributed by atoms with Gasteiger partial charge in [-0.05, 0) is 55.4 Å². The first-order valence-electron chi connectivity index (χ1n) is 10.1. The number of benzene rings is 1. The van der Waals surface area contributed by atoms with Gasteiger partial charge in [-0.2, -0.15) is 0 Å². The molecule has 8 nitrogen and oxygen atoms in total. The standard InChI is InChI=1S/C20H30FN7O/c1-16(2)25(3)14-19-22-23-24-28(19)15-20(29)27-9-5-8-26(10-11-27)13-17-6-4-7-18(21)12-17/h4,6-7,12,16H,5,8-11,13-15H2,1-3H3. The van der Waals surface area contributed by atoms with Crippen molar-refractivity contribution in [3.05, 3.63) is 41.5 Å². The largest absolute Gasteiger partial charge is 0.340 e. The summed E-state index contributed by atoms with van der Waals surface area (Å²) in [6.45, 7) is 8.66. The molecule has 9 heteroatoms. The lowest BCUT2D eigenvalue weighted by atomic mass is 10.2. The number of nitrogens with zero attached hydrogens (tertiary/aromatic N) is 7. The van der Waals surface area contributed by atoms with Crippen LogP contribution >= 0.6 is 0 Å². The number of carbonyl (C=O) groups is 1. The van der Waals surface area contributed by atoms with Crippen LogP contribution in [-0.4, -0.2) is 80.1 Å². The summed E-state index contributed by atoms with van der Waals surface area (Å²) in [6.07, 6.45) is 0.888. The first kappa shape index (κ1) is 21.3. The van der Waals surface area contributed by atoms with Gasteiger partial charge in [0.25, 0.3) is 0 Å². The molecule has 0 N–H and O–H groups in total. The summed E-state index contributed by atoms with van der Waals surface area (Å²) < 4.78 is 15.0. The third-order valence-electron chi connectivity index (χ3n) is 5.40. The van der Waals surface area contributed by atoms with Crippen LogP contribution in [0, 0.1) is 5.82 Å². The zero-order valence-electron chi connectivity index (χ0n) is 17.5. The van der Waals surface area contributed by atoms with E-state index in [1.54, 1.807) is 16.8 Å². The van der Waals surface area contributed by atoms with E-state index < -0.39 is 0 Å². The SMILES string of the molecule is CC(C)N(C)Cc1nnnn1CC(=O)N1CCCN(Cc2cccc(F)c2)CC1. The topological polar surface area (TPSA) is 70.4 Å². The van der Waals surface area contributed by atoms with Gasteiger partial charge in [0.15, 0.2) is 5.82 Å². The lowest BCUT2D eigenvalue weighted by Gasteiger charge is -2.23. The van der Waals surface area contributed by atoms with Crippen molar-refractivity contribution in [1.82, 2.24) is 34.9 Å². The highest BCUT2D eigenvalue weighted by atomic mass is 19.1. The number of carbonyl (C=O) groups excluding carboxylic acids is 1. The van der Waals surface area contributed by atoms with Crippen LogP contribution in [0.5, 0.6) is 0 Å². The maximum absolute atomic E-state index is 13.4. The van der Waals surface area contributed by atoms with Crippen molar-refractivity contribution in [2.45, 2.75) is 45.9 Å². The molecular weight excluding hydrogens is 373 g/mol. The lowest BCUT2D eigenvalue weighted by Crippen LogP contribution is -2.38. The van der Waals surface area contributed by atoms with E-state index in [-0.39, 0.29) is 18.3 Å². The van der Waals surface area contributed by atoms with Crippen LogP contribution in [0.3, 0.4) is 0 Å². The van der Waals surface area contributed by atoms with Crippen molar-refractivity contribution in [2.24, 2.45) is 0 Å². The maximum atomic E-state index is 13.4. The molecular formula is C20H30FN7O. The molecule has 0 spiro atoms. The zero-order valence-corrected chi connectivity index (χ0v) is 17.5. The fourth-order valence-corrected chi connectivity index (χ4v) is 3.36. The van der Waals surface area contributed by atoms with Crippen molar-refractivity contribution >= 4 is 5.91 Å². The van der Waals surface area contributed by atoms with Crippen LogP contribution in [0.4, 0.5) is 4.39 Å². The van der Waals surface area contributed by atoms with Crippen molar-refractivity contribution in [2.75, 3.05) is 33.2 Å². The Morgan fingerprint density at radius 3 is 2.83 bits per heavy atom. The lowest BCUT2D eigenvalue weighted by molar-refractivity contribution is -0.132. The van der Waals surface area contributed by atoms with Gasteiger partial charge in [-0.1, -0.05) is 12.1 Å². The minimum absolute atomic E-state index is 0.0263. The van der Waals surface area contributed by atoms with Gasteiger partial charge in [-0.25, -0.2) is 9.07 Å². The molecule has 0 radical (unpaired) electrons. The van der Waals surface area contributed by atoms with E-state index in [2.05, 4.69) is 39.2 Å². The second-order valence-electron chi connectivity index (χ2n) is 7.90. The molecule has 0 saturated carbocycles. The Balaban J connectivity index is 1.54. The average Bonchev–Trinajstić information content (AvgIpc) is 2.96. The Kier molecular flexibility index (Phi) is 7.27. The summed E-state index contributed by atoms with van der Waals surface area (Å²) in [5.74, 6) is 0.505. The molecule has 3 rings (SSSR count). The highest BCUT2D eigenvalue weighted by molar-refractivity contribution is 5.76. The molecule has 2 heterocycles. The van der Waals surface area contributed by atoms with Gasteiger partial charge < -0.3 is 4.90 Å².